The van der Waals surface area contributed by atoms with Crippen molar-refractivity contribution in [2.45, 2.75) is 38.8 Å². The SMILES string of the molecule is CCCC(C)(N)C(=O)Nc1ccc(OC(F)F)c(F)c1.Cl. The van der Waals surface area contributed by atoms with Crippen LogP contribution in [0.1, 0.15) is 26.7 Å². The van der Waals surface area contributed by atoms with Gasteiger partial charge in [0, 0.05) is 11.8 Å². The van der Waals surface area contributed by atoms with Crippen LogP contribution < -0.4 is 15.8 Å². The number of nitrogens with one attached hydrogen (secondary N) is 1. The van der Waals surface area contributed by atoms with E-state index in [-0.39, 0.29) is 18.1 Å². The zero-order chi connectivity index (χ0) is 15.3. The van der Waals surface area contributed by atoms with Crippen molar-refractivity contribution >= 4 is 24.0 Å². The van der Waals surface area contributed by atoms with E-state index >= 15 is 0 Å². The number of halogens is 4. The number of carbonyl (C=O) groups excluding carboxylic acids is 1. The predicted octanol–water partition coefficient (Wildman–Crippen LogP) is 3.30. The van der Waals surface area contributed by atoms with Crippen LogP contribution in [-0.2, 0) is 4.79 Å². The second kappa shape index (κ2) is 8.09. The van der Waals surface area contributed by atoms with E-state index in [0.717, 1.165) is 18.6 Å². The Morgan fingerprint density at radius 2 is 2.10 bits per heavy atom. The largest absolute Gasteiger partial charge is 0.432 e. The van der Waals surface area contributed by atoms with Crippen molar-refractivity contribution in [3.8, 4) is 5.75 Å². The Labute approximate surface area is 127 Å². The van der Waals surface area contributed by atoms with Crippen LogP contribution in [0.5, 0.6) is 5.75 Å². The first-order valence-electron chi connectivity index (χ1n) is 6.11. The van der Waals surface area contributed by atoms with Crippen LogP contribution in [0.15, 0.2) is 18.2 Å². The minimum absolute atomic E-state index is 0. The molecule has 0 saturated carbocycles. The molecule has 21 heavy (non-hydrogen) atoms. The zero-order valence-electron chi connectivity index (χ0n) is 11.7. The smallest absolute Gasteiger partial charge is 0.387 e. The summed E-state index contributed by atoms with van der Waals surface area (Å²) in [5.74, 6) is -2.04. The van der Waals surface area contributed by atoms with E-state index in [1.165, 1.54) is 6.07 Å². The summed E-state index contributed by atoms with van der Waals surface area (Å²) in [6, 6.07) is 3.18. The molecule has 0 aliphatic carbocycles. The van der Waals surface area contributed by atoms with Crippen molar-refractivity contribution in [1.29, 1.82) is 0 Å². The monoisotopic (exact) mass is 326 g/mol. The molecule has 1 amide bonds. The highest BCUT2D eigenvalue weighted by atomic mass is 35.5. The Bertz CT molecular complexity index is 484. The molecule has 0 radical (unpaired) electrons. The molecule has 1 rings (SSSR count). The molecule has 0 spiro atoms. The van der Waals surface area contributed by atoms with Crippen LogP contribution in [-0.4, -0.2) is 18.1 Å². The van der Waals surface area contributed by atoms with E-state index in [9.17, 15) is 18.0 Å². The lowest BCUT2D eigenvalue weighted by Crippen LogP contribution is -2.48. The summed E-state index contributed by atoms with van der Waals surface area (Å²) in [6.45, 7) is 0.340. The number of hydrogen-bond acceptors (Lipinski definition) is 3. The molecule has 0 saturated heterocycles. The summed E-state index contributed by atoms with van der Waals surface area (Å²) in [7, 11) is 0. The van der Waals surface area contributed by atoms with Crippen LogP contribution in [0.4, 0.5) is 18.9 Å². The van der Waals surface area contributed by atoms with Gasteiger partial charge in [-0.25, -0.2) is 4.39 Å². The molecule has 0 heterocycles. The van der Waals surface area contributed by atoms with Gasteiger partial charge in [-0.3, -0.25) is 4.79 Å². The van der Waals surface area contributed by atoms with Crippen LogP contribution in [0.3, 0.4) is 0 Å². The molecule has 0 aromatic heterocycles. The van der Waals surface area contributed by atoms with Crippen molar-refractivity contribution < 1.29 is 22.7 Å². The third-order valence-corrected chi connectivity index (χ3v) is 2.69. The van der Waals surface area contributed by atoms with E-state index in [4.69, 9.17) is 5.73 Å². The maximum Gasteiger partial charge on any atom is 0.387 e. The van der Waals surface area contributed by atoms with Gasteiger partial charge in [0.1, 0.15) is 0 Å². The molecule has 1 atom stereocenters. The summed E-state index contributed by atoms with van der Waals surface area (Å²) in [5.41, 5.74) is 4.87. The number of carbonyl (C=O) groups is 1. The van der Waals surface area contributed by atoms with Gasteiger partial charge in [0.25, 0.3) is 0 Å². The zero-order valence-corrected chi connectivity index (χ0v) is 12.5. The Hall–Kier alpha value is -1.47. The lowest BCUT2D eigenvalue weighted by molar-refractivity contribution is -0.120. The molecule has 8 heteroatoms. The molecule has 120 valence electrons. The molecule has 1 aromatic rings. The molecule has 0 aliphatic heterocycles. The van der Waals surface area contributed by atoms with Crippen molar-refractivity contribution in [2.75, 3.05) is 5.32 Å². The van der Waals surface area contributed by atoms with E-state index in [1.54, 1.807) is 6.92 Å². The molecule has 4 nitrogen and oxygen atoms in total. The van der Waals surface area contributed by atoms with E-state index in [2.05, 4.69) is 10.1 Å². The van der Waals surface area contributed by atoms with E-state index in [0.29, 0.717) is 6.42 Å². The summed E-state index contributed by atoms with van der Waals surface area (Å²) in [5, 5.41) is 2.44. The minimum Gasteiger partial charge on any atom is -0.432 e. The number of benzene rings is 1. The van der Waals surface area contributed by atoms with Crippen molar-refractivity contribution in [3.63, 3.8) is 0 Å². The first-order valence-corrected chi connectivity index (χ1v) is 6.11. The van der Waals surface area contributed by atoms with Gasteiger partial charge in [-0.1, -0.05) is 13.3 Å². The molecular formula is C13H18ClF3N2O2. The number of nitrogens with two attached hydrogens (primary N) is 1. The molecular weight excluding hydrogens is 309 g/mol. The standard InChI is InChI=1S/C13H17F3N2O2.ClH/c1-3-6-13(2,17)11(19)18-8-4-5-10(9(14)7-8)20-12(15)16;/h4-5,7,12H,3,6,17H2,1-2H3,(H,18,19);1H. The molecule has 3 N–H and O–H groups in total. The fourth-order valence-electron chi connectivity index (χ4n) is 1.68. The summed E-state index contributed by atoms with van der Waals surface area (Å²) >= 11 is 0. The highest BCUT2D eigenvalue weighted by Gasteiger charge is 2.27. The van der Waals surface area contributed by atoms with Crippen molar-refractivity contribution in [2.24, 2.45) is 5.73 Å². The predicted molar refractivity (Wildman–Crippen MR) is 76.4 cm³/mol. The highest BCUT2D eigenvalue weighted by Crippen LogP contribution is 2.23. The number of anilines is 1. The third kappa shape index (κ3) is 5.81. The molecule has 1 unspecified atom stereocenters. The average molecular weight is 327 g/mol. The number of amides is 1. The first kappa shape index (κ1) is 19.5. The van der Waals surface area contributed by atoms with Gasteiger partial charge >= 0.3 is 6.61 Å². The van der Waals surface area contributed by atoms with Crippen LogP contribution in [0.2, 0.25) is 0 Å². The average Bonchev–Trinajstić information content (AvgIpc) is 2.32. The molecule has 0 aliphatic rings. The van der Waals surface area contributed by atoms with Crippen LogP contribution in [0, 0.1) is 5.82 Å². The van der Waals surface area contributed by atoms with Crippen molar-refractivity contribution in [3.05, 3.63) is 24.0 Å². The Balaban J connectivity index is 0.00000400. The van der Waals surface area contributed by atoms with Gasteiger partial charge in [0.2, 0.25) is 5.91 Å². The van der Waals surface area contributed by atoms with Gasteiger partial charge in [0.05, 0.1) is 5.54 Å². The molecule has 1 aromatic carbocycles. The van der Waals surface area contributed by atoms with Gasteiger partial charge in [0.15, 0.2) is 11.6 Å². The number of hydrogen-bond donors (Lipinski definition) is 2. The summed E-state index contributed by atoms with van der Waals surface area (Å²) in [6.07, 6.45) is 1.18. The Kier molecular flexibility index (Phi) is 7.52. The number of ether oxygens (including phenoxy) is 1. The second-order valence-corrected chi connectivity index (χ2v) is 4.65. The highest BCUT2D eigenvalue weighted by molar-refractivity contribution is 5.97. The summed E-state index contributed by atoms with van der Waals surface area (Å²) < 4.78 is 41.4. The quantitative estimate of drug-likeness (QED) is 0.843. The Morgan fingerprint density at radius 3 is 2.57 bits per heavy atom. The number of alkyl halides is 2. The molecule has 0 bridgehead atoms. The fraction of sp³-hybridized carbons (Fsp3) is 0.462. The minimum atomic E-state index is -3.11. The second-order valence-electron chi connectivity index (χ2n) is 4.65. The third-order valence-electron chi connectivity index (χ3n) is 2.69. The van der Waals surface area contributed by atoms with Gasteiger partial charge in [-0.15, -0.1) is 12.4 Å². The first-order chi connectivity index (χ1) is 9.26. The van der Waals surface area contributed by atoms with Crippen LogP contribution >= 0.6 is 12.4 Å². The van der Waals surface area contributed by atoms with E-state index in [1.807, 2.05) is 6.92 Å². The van der Waals surface area contributed by atoms with Gasteiger partial charge < -0.3 is 15.8 Å². The van der Waals surface area contributed by atoms with Crippen LogP contribution in [0.25, 0.3) is 0 Å². The lowest BCUT2D eigenvalue weighted by Gasteiger charge is -2.22. The fourth-order valence-corrected chi connectivity index (χ4v) is 1.68. The van der Waals surface area contributed by atoms with Crippen molar-refractivity contribution in [1.82, 2.24) is 0 Å². The van der Waals surface area contributed by atoms with Gasteiger partial charge in [-0.05, 0) is 25.5 Å². The van der Waals surface area contributed by atoms with Gasteiger partial charge in [-0.2, -0.15) is 8.78 Å². The lowest BCUT2D eigenvalue weighted by atomic mass is 9.96. The maximum atomic E-state index is 13.5. The topological polar surface area (TPSA) is 64.4 Å². The molecule has 0 fully saturated rings. The summed E-state index contributed by atoms with van der Waals surface area (Å²) in [4.78, 5) is 11.9. The maximum absolute atomic E-state index is 13.5. The number of rotatable bonds is 6. The van der Waals surface area contributed by atoms with E-state index < -0.39 is 29.6 Å². The normalized spacial score (nSPS) is 13.3. The Morgan fingerprint density at radius 1 is 1.48 bits per heavy atom.